The van der Waals surface area contributed by atoms with Gasteiger partial charge in [-0.1, -0.05) is 91.0 Å². The molecular weight excluding hydrogens is 548 g/mol. The van der Waals surface area contributed by atoms with Crippen LogP contribution in [0.2, 0.25) is 0 Å². The van der Waals surface area contributed by atoms with Crippen LogP contribution in [-0.4, -0.2) is 90.3 Å². The quantitative estimate of drug-likeness (QED) is 0.307. The minimum absolute atomic E-state index is 0.187. The third-order valence-electron chi connectivity index (χ3n) is 6.24. The van der Waals surface area contributed by atoms with E-state index in [-0.39, 0.29) is 12.7 Å². The standard InChI is InChI=1S/C28H32N2O4S.C2H2O4/c31-27(23-34-28(25-12-6-2-7-13-25)26-14-8-3-9-15-26)22-29-17-19-30(20-18-29)35(32,33)21-16-24-10-4-1-5-11-24;3-1(4)2(5)6/h1-16,21,27-28,31H,17-20,22-23H2;(H,3,4)(H,5,6)/b21-16+;. The van der Waals surface area contributed by atoms with Crippen molar-refractivity contribution in [2.75, 3.05) is 39.3 Å². The van der Waals surface area contributed by atoms with E-state index in [2.05, 4.69) is 4.90 Å². The molecule has 4 rings (SSSR count). The van der Waals surface area contributed by atoms with Gasteiger partial charge in [-0.3, -0.25) is 4.90 Å². The zero-order valence-electron chi connectivity index (χ0n) is 22.4. The lowest BCUT2D eigenvalue weighted by Crippen LogP contribution is -2.50. The molecule has 41 heavy (non-hydrogen) atoms. The summed E-state index contributed by atoms with van der Waals surface area (Å²) in [6, 6.07) is 29.3. The average Bonchev–Trinajstić information content (AvgIpc) is 2.98. The van der Waals surface area contributed by atoms with Crippen molar-refractivity contribution in [3.05, 3.63) is 113 Å². The van der Waals surface area contributed by atoms with E-state index in [1.165, 1.54) is 9.71 Å². The number of carboxylic acid groups (broad SMARTS) is 2. The smallest absolute Gasteiger partial charge is 0.414 e. The van der Waals surface area contributed by atoms with Crippen molar-refractivity contribution in [1.29, 1.82) is 0 Å². The van der Waals surface area contributed by atoms with Gasteiger partial charge < -0.3 is 20.1 Å². The normalized spacial score (nSPS) is 15.3. The predicted molar refractivity (Wildman–Crippen MR) is 154 cm³/mol. The lowest BCUT2D eigenvalue weighted by molar-refractivity contribution is -0.159. The Hall–Kier alpha value is -3.87. The number of nitrogens with zero attached hydrogens (tertiary/aromatic N) is 2. The van der Waals surface area contributed by atoms with Gasteiger partial charge >= 0.3 is 11.9 Å². The van der Waals surface area contributed by atoms with Gasteiger partial charge in [0, 0.05) is 38.1 Å². The maximum Gasteiger partial charge on any atom is 0.414 e. The Labute approximate surface area is 239 Å². The number of aliphatic hydroxyl groups is 1. The second kappa shape index (κ2) is 15.8. The Morgan fingerprint density at radius 2 is 1.24 bits per heavy atom. The lowest BCUT2D eigenvalue weighted by Gasteiger charge is -2.34. The molecule has 3 N–H and O–H groups in total. The van der Waals surface area contributed by atoms with Crippen LogP contribution in [0.5, 0.6) is 0 Å². The van der Waals surface area contributed by atoms with Crippen molar-refractivity contribution in [2.24, 2.45) is 0 Å². The Kier molecular flexibility index (Phi) is 12.2. The molecule has 1 aliphatic rings. The molecular formula is C30H34N2O8S. The minimum atomic E-state index is -3.48. The number of hydrogen-bond acceptors (Lipinski definition) is 7. The Morgan fingerprint density at radius 1 is 0.780 bits per heavy atom. The molecule has 0 amide bonds. The molecule has 11 heteroatoms. The van der Waals surface area contributed by atoms with Crippen LogP contribution in [0.15, 0.2) is 96.4 Å². The van der Waals surface area contributed by atoms with Crippen molar-refractivity contribution in [3.8, 4) is 0 Å². The number of aliphatic hydroxyl groups excluding tert-OH is 1. The predicted octanol–water partition coefficient (Wildman–Crippen LogP) is 2.93. The van der Waals surface area contributed by atoms with E-state index >= 15 is 0 Å². The number of aliphatic carboxylic acids is 2. The summed E-state index contributed by atoms with van der Waals surface area (Å²) < 4.78 is 33.0. The molecule has 1 aliphatic heterocycles. The zero-order valence-corrected chi connectivity index (χ0v) is 23.2. The second-order valence-corrected chi connectivity index (χ2v) is 11.1. The number of β-amino-alcohol motifs (C(OH)–C–C–N with tert-alkyl or cyclic N) is 1. The highest BCUT2D eigenvalue weighted by Crippen LogP contribution is 2.26. The molecule has 1 unspecified atom stereocenters. The number of benzene rings is 3. The van der Waals surface area contributed by atoms with E-state index < -0.39 is 28.1 Å². The topological polar surface area (TPSA) is 145 Å². The van der Waals surface area contributed by atoms with Gasteiger partial charge in [-0.05, 0) is 22.8 Å². The summed E-state index contributed by atoms with van der Waals surface area (Å²) >= 11 is 0. The third kappa shape index (κ3) is 10.6. The van der Waals surface area contributed by atoms with Crippen molar-refractivity contribution in [2.45, 2.75) is 12.2 Å². The Bertz CT molecular complexity index is 1310. The molecule has 10 nitrogen and oxygen atoms in total. The Balaban J connectivity index is 0.000000696. The van der Waals surface area contributed by atoms with Crippen molar-refractivity contribution in [3.63, 3.8) is 0 Å². The molecule has 3 aromatic rings. The maximum absolute atomic E-state index is 12.7. The first kappa shape index (κ1) is 31.7. The third-order valence-corrected chi connectivity index (χ3v) is 7.80. The highest BCUT2D eigenvalue weighted by atomic mass is 32.2. The molecule has 1 fully saturated rings. The lowest BCUT2D eigenvalue weighted by atomic mass is 10.0. The number of carboxylic acids is 2. The molecule has 0 bridgehead atoms. The van der Waals surface area contributed by atoms with E-state index in [1.54, 1.807) is 6.08 Å². The fraction of sp³-hybridized carbons (Fsp3) is 0.267. The first-order chi connectivity index (χ1) is 19.7. The van der Waals surface area contributed by atoms with Gasteiger partial charge in [0.1, 0.15) is 6.10 Å². The van der Waals surface area contributed by atoms with Crippen LogP contribution in [0.25, 0.3) is 6.08 Å². The van der Waals surface area contributed by atoms with Crippen LogP contribution in [0.1, 0.15) is 22.8 Å². The van der Waals surface area contributed by atoms with Crippen LogP contribution in [-0.2, 0) is 24.3 Å². The van der Waals surface area contributed by atoms with Crippen LogP contribution in [0, 0.1) is 0 Å². The summed E-state index contributed by atoms with van der Waals surface area (Å²) in [5.74, 6) is -3.65. The molecule has 1 saturated heterocycles. The average molecular weight is 583 g/mol. The summed E-state index contributed by atoms with van der Waals surface area (Å²) in [4.78, 5) is 20.3. The second-order valence-electron chi connectivity index (χ2n) is 9.26. The first-order valence-corrected chi connectivity index (χ1v) is 14.5. The number of rotatable bonds is 10. The summed E-state index contributed by atoms with van der Waals surface area (Å²) in [6.45, 7) is 2.54. The molecule has 0 spiro atoms. The van der Waals surface area contributed by atoms with E-state index in [9.17, 15) is 13.5 Å². The van der Waals surface area contributed by atoms with Gasteiger partial charge in [-0.25, -0.2) is 18.0 Å². The first-order valence-electron chi connectivity index (χ1n) is 13.0. The fourth-order valence-electron chi connectivity index (χ4n) is 4.18. The number of piperazine rings is 1. The number of ether oxygens (including phenoxy) is 1. The summed E-state index contributed by atoms with van der Waals surface area (Å²) in [5, 5.41) is 26.7. The number of carbonyl (C=O) groups is 2. The SMILES string of the molecule is O=C(O)C(=O)O.O=S(=O)(/C=C/c1ccccc1)N1CCN(CC(O)COC(c2ccccc2)c2ccccc2)CC1. The van der Waals surface area contributed by atoms with Crippen LogP contribution in [0.3, 0.4) is 0 Å². The van der Waals surface area contributed by atoms with Gasteiger partial charge in [0.2, 0.25) is 10.0 Å². The van der Waals surface area contributed by atoms with Gasteiger partial charge in [0.25, 0.3) is 0 Å². The van der Waals surface area contributed by atoms with Gasteiger partial charge in [0.05, 0.1) is 12.7 Å². The fourth-order valence-corrected chi connectivity index (χ4v) is 5.35. The van der Waals surface area contributed by atoms with Crippen LogP contribution >= 0.6 is 0 Å². The monoisotopic (exact) mass is 582 g/mol. The number of sulfonamides is 1. The molecule has 0 aliphatic carbocycles. The highest BCUT2D eigenvalue weighted by molar-refractivity contribution is 7.92. The Morgan fingerprint density at radius 3 is 1.71 bits per heavy atom. The van der Waals surface area contributed by atoms with Crippen LogP contribution in [0.4, 0.5) is 0 Å². The van der Waals surface area contributed by atoms with Crippen molar-refractivity contribution >= 4 is 28.0 Å². The van der Waals surface area contributed by atoms with E-state index in [1.807, 2.05) is 91.0 Å². The maximum atomic E-state index is 12.7. The molecule has 218 valence electrons. The molecule has 0 radical (unpaired) electrons. The molecule has 0 aromatic heterocycles. The van der Waals surface area contributed by atoms with E-state index in [4.69, 9.17) is 24.5 Å². The largest absolute Gasteiger partial charge is 0.473 e. The number of hydrogen-bond donors (Lipinski definition) is 3. The summed E-state index contributed by atoms with van der Waals surface area (Å²) in [6.07, 6.45) is 0.690. The van der Waals surface area contributed by atoms with Gasteiger partial charge in [-0.2, -0.15) is 4.31 Å². The molecule has 1 atom stereocenters. The van der Waals surface area contributed by atoms with Crippen molar-refractivity contribution in [1.82, 2.24) is 9.21 Å². The molecule has 3 aromatic carbocycles. The van der Waals surface area contributed by atoms with Crippen molar-refractivity contribution < 1.29 is 38.1 Å². The summed E-state index contributed by atoms with van der Waals surface area (Å²) in [7, 11) is -3.48. The van der Waals surface area contributed by atoms with E-state index in [0.717, 1.165) is 16.7 Å². The summed E-state index contributed by atoms with van der Waals surface area (Å²) in [5.41, 5.74) is 2.92. The van der Waals surface area contributed by atoms with Crippen LogP contribution < -0.4 is 0 Å². The minimum Gasteiger partial charge on any atom is -0.473 e. The van der Waals surface area contributed by atoms with E-state index in [0.29, 0.717) is 32.7 Å². The van der Waals surface area contributed by atoms with Gasteiger partial charge in [-0.15, -0.1) is 0 Å². The molecule has 0 saturated carbocycles. The highest BCUT2D eigenvalue weighted by Gasteiger charge is 2.26. The van der Waals surface area contributed by atoms with Gasteiger partial charge in [0.15, 0.2) is 0 Å². The molecule has 1 heterocycles. The zero-order chi connectivity index (χ0) is 29.7.